The fraction of sp³-hybridized carbons (Fsp3) is 0.238. The summed E-state index contributed by atoms with van der Waals surface area (Å²) < 4.78 is 5.44. The number of anilines is 5. The molecule has 0 radical (unpaired) electrons. The first kappa shape index (κ1) is 19.6. The number of hydrogen-bond acceptors (Lipinski definition) is 9. The van der Waals surface area contributed by atoms with Gasteiger partial charge in [-0.15, -0.1) is 0 Å². The van der Waals surface area contributed by atoms with Crippen molar-refractivity contribution < 1.29 is 4.74 Å². The Morgan fingerprint density at radius 1 is 0.967 bits per heavy atom. The van der Waals surface area contributed by atoms with Crippen molar-refractivity contribution >= 4 is 34.9 Å². The number of para-hydroxylation sites is 1. The molecular weight excluding hydrogens is 380 g/mol. The van der Waals surface area contributed by atoms with Gasteiger partial charge in [0.2, 0.25) is 17.8 Å². The van der Waals surface area contributed by atoms with Crippen LogP contribution in [0.3, 0.4) is 0 Å². The zero-order valence-corrected chi connectivity index (χ0v) is 16.7. The lowest BCUT2D eigenvalue weighted by atomic mass is 10.1. The maximum Gasteiger partial charge on any atom is 0.250 e. The highest BCUT2D eigenvalue weighted by atomic mass is 16.5. The highest BCUT2D eigenvalue weighted by molar-refractivity contribution is 5.99. The van der Waals surface area contributed by atoms with Crippen LogP contribution in [0.5, 0.6) is 0 Å². The zero-order chi connectivity index (χ0) is 20.8. The van der Waals surface area contributed by atoms with E-state index < -0.39 is 0 Å². The van der Waals surface area contributed by atoms with Crippen LogP contribution in [-0.4, -0.2) is 47.0 Å². The summed E-state index contributed by atoms with van der Waals surface area (Å²) in [7, 11) is 0. The number of hydrazone groups is 1. The molecule has 1 aromatic heterocycles. The number of nitrogens with zero attached hydrogens (tertiary/aromatic N) is 5. The van der Waals surface area contributed by atoms with Gasteiger partial charge in [-0.25, -0.2) is 5.43 Å². The molecule has 154 valence electrons. The van der Waals surface area contributed by atoms with E-state index >= 15 is 0 Å². The molecule has 0 spiro atoms. The molecule has 2 aromatic carbocycles. The van der Waals surface area contributed by atoms with Crippen molar-refractivity contribution in [2.45, 2.75) is 6.92 Å². The smallest absolute Gasteiger partial charge is 0.250 e. The van der Waals surface area contributed by atoms with Gasteiger partial charge >= 0.3 is 0 Å². The number of ether oxygens (including phenoxy) is 1. The second-order valence-electron chi connectivity index (χ2n) is 6.80. The number of rotatable bonds is 6. The van der Waals surface area contributed by atoms with Crippen LogP contribution in [0.4, 0.5) is 29.2 Å². The molecule has 30 heavy (non-hydrogen) atoms. The standard InChI is InChI=1S/C21H24N8O/c1-15(16-7-9-17(22)10-8-16)27-28-20-24-19(23-18-5-3-2-4-6-18)25-21(26-20)29-11-13-30-14-12-29/h2-10H,11-14,22H2,1H3,(H2,23,24,25,26,28)/b27-15+. The zero-order valence-electron chi connectivity index (χ0n) is 16.7. The first-order chi connectivity index (χ1) is 14.7. The van der Waals surface area contributed by atoms with Crippen LogP contribution < -0.4 is 21.4 Å². The van der Waals surface area contributed by atoms with Crippen molar-refractivity contribution in [1.29, 1.82) is 0 Å². The van der Waals surface area contributed by atoms with Crippen LogP contribution in [0.15, 0.2) is 59.7 Å². The van der Waals surface area contributed by atoms with E-state index in [1.807, 2.05) is 61.5 Å². The molecule has 4 rings (SSSR count). The van der Waals surface area contributed by atoms with E-state index in [9.17, 15) is 0 Å². The van der Waals surface area contributed by atoms with E-state index in [0.717, 1.165) is 30.1 Å². The van der Waals surface area contributed by atoms with Gasteiger partial charge in [-0.2, -0.15) is 20.1 Å². The molecule has 0 amide bonds. The highest BCUT2D eigenvalue weighted by Crippen LogP contribution is 2.18. The van der Waals surface area contributed by atoms with Gasteiger partial charge in [-0.3, -0.25) is 0 Å². The molecule has 1 saturated heterocycles. The third-order valence-electron chi connectivity index (χ3n) is 4.60. The SMILES string of the molecule is C/C(=N\Nc1nc(Nc2ccccc2)nc(N2CCOCC2)n1)c1ccc(N)cc1. The number of nitrogens with two attached hydrogens (primary N) is 1. The summed E-state index contributed by atoms with van der Waals surface area (Å²) in [5, 5.41) is 7.66. The van der Waals surface area contributed by atoms with E-state index in [4.69, 9.17) is 10.5 Å². The lowest BCUT2D eigenvalue weighted by Gasteiger charge is -2.27. The van der Waals surface area contributed by atoms with Crippen molar-refractivity contribution in [1.82, 2.24) is 15.0 Å². The van der Waals surface area contributed by atoms with Crippen molar-refractivity contribution in [3.8, 4) is 0 Å². The highest BCUT2D eigenvalue weighted by Gasteiger charge is 2.16. The number of morpholine rings is 1. The van der Waals surface area contributed by atoms with Crippen LogP contribution in [0.25, 0.3) is 0 Å². The van der Waals surface area contributed by atoms with Crippen LogP contribution >= 0.6 is 0 Å². The molecule has 1 fully saturated rings. The second kappa shape index (κ2) is 9.19. The van der Waals surface area contributed by atoms with E-state index in [1.54, 1.807) is 0 Å². The number of aromatic nitrogens is 3. The predicted octanol–water partition coefficient (Wildman–Crippen LogP) is 2.87. The van der Waals surface area contributed by atoms with Crippen molar-refractivity contribution in [2.24, 2.45) is 5.10 Å². The molecule has 2 heterocycles. The van der Waals surface area contributed by atoms with Gasteiger partial charge in [-0.1, -0.05) is 30.3 Å². The summed E-state index contributed by atoms with van der Waals surface area (Å²) in [5.41, 5.74) is 12.1. The number of benzene rings is 2. The maximum atomic E-state index is 5.76. The quantitative estimate of drug-likeness (QED) is 0.326. The summed E-state index contributed by atoms with van der Waals surface area (Å²) in [5.74, 6) is 1.38. The van der Waals surface area contributed by atoms with Gasteiger partial charge in [0.05, 0.1) is 18.9 Å². The molecule has 0 saturated carbocycles. The second-order valence-corrected chi connectivity index (χ2v) is 6.80. The van der Waals surface area contributed by atoms with Crippen LogP contribution in [-0.2, 0) is 4.74 Å². The van der Waals surface area contributed by atoms with E-state index in [-0.39, 0.29) is 0 Å². The summed E-state index contributed by atoms with van der Waals surface area (Å²) in [6.45, 7) is 4.64. The Kier molecular flexibility index (Phi) is 6.00. The molecule has 9 heteroatoms. The van der Waals surface area contributed by atoms with Crippen LogP contribution in [0.2, 0.25) is 0 Å². The lowest BCUT2D eigenvalue weighted by Crippen LogP contribution is -2.37. The molecule has 4 N–H and O–H groups in total. The minimum atomic E-state index is 0.361. The van der Waals surface area contributed by atoms with Gasteiger partial charge < -0.3 is 20.7 Å². The van der Waals surface area contributed by atoms with Crippen molar-refractivity contribution in [3.05, 3.63) is 60.2 Å². The van der Waals surface area contributed by atoms with E-state index in [2.05, 4.69) is 35.7 Å². The predicted molar refractivity (Wildman–Crippen MR) is 119 cm³/mol. The van der Waals surface area contributed by atoms with E-state index in [0.29, 0.717) is 36.7 Å². The Morgan fingerprint density at radius 2 is 1.67 bits per heavy atom. The molecule has 9 nitrogen and oxygen atoms in total. The van der Waals surface area contributed by atoms with Gasteiger partial charge in [-0.05, 0) is 36.8 Å². The first-order valence-electron chi connectivity index (χ1n) is 9.74. The normalized spacial score (nSPS) is 14.4. The average molecular weight is 404 g/mol. The van der Waals surface area contributed by atoms with Gasteiger partial charge in [0.15, 0.2) is 0 Å². The maximum absolute atomic E-state index is 5.76. The fourth-order valence-electron chi connectivity index (χ4n) is 2.95. The molecule has 0 bridgehead atoms. The van der Waals surface area contributed by atoms with Crippen LogP contribution in [0.1, 0.15) is 12.5 Å². The number of nitrogen functional groups attached to an aromatic ring is 1. The summed E-state index contributed by atoms with van der Waals surface area (Å²) in [4.78, 5) is 15.7. The summed E-state index contributed by atoms with van der Waals surface area (Å²) >= 11 is 0. The summed E-state index contributed by atoms with van der Waals surface area (Å²) in [6.07, 6.45) is 0. The molecular formula is C21H24N8O. The third kappa shape index (κ3) is 5.00. The Labute approximate surface area is 175 Å². The Hall–Kier alpha value is -3.72. The van der Waals surface area contributed by atoms with Gasteiger partial charge in [0.1, 0.15) is 0 Å². The van der Waals surface area contributed by atoms with Gasteiger partial charge in [0.25, 0.3) is 0 Å². The summed E-state index contributed by atoms with van der Waals surface area (Å²) in [6, 6.07) is 17.3. The average Bonchev–Trinajstić information content (AvgIpc) is 2.79. The number of hydrogen-bond donors (Lipinski definition) is 3. The molecule has 0 aliphatic carbocycles. The molecule has 3 aromatic rings. The van der Waals surface area contributed by atoms with Crippen molar-refractivity contribution in [2.75, 3.05) is 47.7 Å². The minimum absolute atomic E-state index is 0.361. The Bertz CT molecular complexity index is 1000. The molecule has 0 atom stereocenters. The van der Waals surface area contributed by atoms with Crippen molar-refractivity contribution in [3.63, 3.8) is 0 Å². The first-order valence-corrected chi connectivity index (χ1v) is 9.74. The number of nitrogens with one attached hydrogen (secondary N) is 2. The largest absolute Gasteiger partial charge is 0.399 e. The van der Waals surface area contributed by atoms with E-state index in [1.165, 1.54) is 0 Å². The fourth-order valence-corrected chi connectivity index (χ4v) is 2.95. The van der Waals surface area contributed by atoms with Crippen LogP contribution in [0, 0.1) is 0 Å². The Morgan fingerprint density at radius 3 is 2.40 bits per heavy atom. The minimum Gasteiger partial charge on any atom is -0.399 e. The molecule has 0 unspecified atom stereocenters. The third-order valence-corrected chi connectivity index (χ3v) is 4.60. The molecule has 1 aliphatic heterocycles. The molecule has 1 aliphatic rings. The topological polar surface area (TPSA) is 114 Å². The monoisotopic (exact) mass is 404 g/mol. The van der Waals surface area contributed by atoms with Gasteiger partial charge in [0, 0.05) is 24.5 Å². The Balaban J connectivity index is 1.59. The lowest BCUT2D eigenvalue weighted by molar-refractivity contribution is 0.122.